The molecule has 0 amide bonds. The van der Waals surface area contributed by atoms with Crippen LogP contribution in [-0.4, -0.2) is 31.7 Å². The van der Waals surface area contributed by atoms with Gasteiger partial charge in [0.2, 0.25) is 0 Å². The summed E-state index contributed by atoms with van der Waals surface area (Å²) < 4.78 is 3.50. The van der Waals surface area contributed by atoms with Gasteiger partial charge < -0.3 is 5.32 Å². The van der Waals surface area contributed by atoms with Crippen LogP contribution >= 0.6 is 0 Å². The molecule has 0 bridgehead atoms. The van der Waals surface area contributed by atoms with E-state index in [-0.39, 0.29) is 11.7 Å². The van der Waals surface area contributed by atoms with E-state index in [9.17, 15) is 4.79 Å². The van der Waals surface area contributed by atoms with Gasteiger partial charge in [-0.05, 0) is 35.2 Å². The highest BCUT2D eigenvalue weighted by Crippen LogP contribution is 2.25. The highest BCUT2D eigenvalue weighted by molar-refractivity contribution is 6.06. The average Bonchev–Trinajstić information content (AvgIpc) is 3.55. The van der Waals surface area contributed by atoms with E-state index >= 15 is 0 Å². The molecule has 7 nitrogen and oxygen atoms in total. The Kier molecular flexibility index (Phi) is 6.44. The van der Waals surface area contributed by atoms with Crippen molar-refractivity contribution in [2.24, 2.45) is 7.05 Å². The molecule has 0 unspecified atom stereocenters. The summed E-state index contributed by atoms with van der Waals surface area (Å²) in [6, 6.07) is 22.9. The van der Waals surface area contributed by atoms with Crippen LogP contribution < -0.4 is 5.32 Å². The number of ketones is 1. The molecule has 36 heavy (non-hydrogen) atoms. The van der Waals surface area contributed by atoms with Crippen LogP contribution in [0, 0.1) is 11.3 Å². The van der Waals surface area contributed by atoms with Crippen LogP contribution in [0.2, 0.25) is 0 Å². The normalized spacial score (nSPS) is 12.8. The van der Waals surface area contributed by atoms with Gasteiger partial charge in [0, 0.05) is 37.1 Å². The van der Waals surface area contributed by atoms with Crippen LogP contribution in [0.5, 0.6) is 0 Å². The Morgan fingerprint density at radius 2 is 1.72 bits per heavy atom. The fraction of sp³-hybridized carbons (Fsp3) is 0.172. The third-order valence-corrected chi connectivity index (χ3v) is 6.45. The third kappa shape index (κ3) is 4.67. The zero-order valence-electron chi connectivity index (χ0n) is 20.2. The summed E-state index contributed by atoms with van der Waals surface area (Å²) in [6.07, 6.45) is 7.32. The van der Waals surface area contributed by atoms with Gasteiger partial charge in [-0.2, -0.15) is 15.5 Å². The van der Waals surface area contributed by atoms with E-state index in [0.717, 1.165) is 27.8 Å². The second-order valence-electron chi connectivity index (χ2n) is 8.96. The van der Waals surface area contributed by atoms with E-state index in [4.69, 9.17) is 5.26 Å². The Morgan fingerprint density at radius 3 is 2.42 bits per heavy atom. The number of Topliss-reactive ketones (excluding diaryl/α,β-unsaturated/α-hetero) is 1. The van der Waals surface area contributed by atoms with Crippen molar-refractivity contribution in [3.05, 3.63) is 114 Å². The zero-order valence-corrected chi connectivity index (χ0v) is 20.2. The first kappa shape index (κ1) is 23.2. The van der Waals surface area contributed by atoms with Gasteiger partial charge in [-0.3, -0.25) is 9.48 Å². The molecule has 3 aromatic heterocycles. The molecule has 178 valence electrons. The molecule has 7 heteroatoms. The lowest BCUT2D eigenvalue weighted by molar-refractivity contribution is 0.0944. The molecule has 0 aliphatic heterocycles. The third-order valence-electron chi connectivity index (χ3n) is 6.45. The average molecular weight is 475 g/mol. The van der Waals surface area contributed by atoms with Gasteiger partial charge in [0.25, 0.3) is 0 Å². The Morgan fingerprint density at radius 1 is 0.944 bits per heavy atom. The van der Waals surface area contributed by atoms with Crippen molar-refractivity contribution in [3.8, 4) is 17.2 Å². The molecule has 0 saturated carbocycles. The number of nitrogens with zero attached hydrogens (tertiary/aromatic N) is 5. The first-order valence-corrected chi connectivity index (χ1v) is 11.8. The van der Waals surface area contributed by atoms with Gasteiger partial charge in [-0.15, -0.1) is 0 Å². The van der Waals surface area contributed by atoms with Gasteiger partial charge >= 0.3 is 0 Å². The molecule has 2 atom stereocenters. The second kappa shape index (κ2) is 9.98. The van der Waals surface area contributed by atoms with E-state index in [1.54, 1.807) is 21.6 Å². The number of aryl methyl sites for hydroxylation is 1. The standard InChI is InChI=1S/C29H26N6O/c1-20(22-10-8-21(14-30)9-11-22)15-31-28(23-6-4-3-5-7-23)29(36)26-17-33-35-19-24(12-13-27(26)35)25-16-32-34(2)18-25/h3-13,16-20,28,31H,15H2,1-2H3/t20-,28+/m0/s1. The van der Waals surface area contributed by atoms with E-state index in [0.29, 0.717) is 17.7 Å². The van der Waals surface area contributed by atoms with Gasteiger partial charge in [-0.25, -0.2) is 4.52 Å². The van der Waals surface area contributed by atoms with E-state index in [1.807, 2.05) is 86.2 Å². The minimum absolute atomic E-state index is 0.0302. The monoisotopic (exact) mass is 474 g/mol. The molecule has 0 aliphatic carbocycles. The lowest BCUT2D eigenvalue weighted by Gasteiger charge is -2.21. The minimum Gasteiger partial charge on any atom is -0.303 e. The number of nitrogens with one attached hydrogen (secondary N) is 1. The molecule has 2 aromatic carbocycles. The number of carbonyl (C=O) groups is 1. The Bertz CT molecular complexity index is 1540. The largest absolute Gasteiger partial charge is 0.303 e. The molecule has 3 heterocycles. The van der Waals surface area contributed by atoms with Gasteiger partial charge in [0.05, 0.1) is 41.1 Å². The number of rotatable bonds is 8. The van der Waals surface area contributed by atoms with Crippen LogP contribution in [0.4, 0.5) is 0 Å². The maximum absolute atomic E-state index is 13.8. The minimum atomic E-state index is -0.516. The lowest BCUT2D eigenvalue weighted by Crippen LogP contribution is -2.31. The molecular weight excluding hydrogens is 448 g/mol. The maximum Gasteiger partial charge on any atom is 0.188 e. The molecule has 0 fully saturated rings. The first-order chi connectivity index (χ1) is 17.5. The summed E-state index contributed by atoms with van der Waals surface area (Å²) in [5, 5.41) is 21.3. The predicted molar refractivity (Wildman–Crippen MR) is 138 cm³/mol. The number of carbonyl (C=O) groups excluding carboxylic acids is 1. The van der Waals surface area contributed by atoms with E-state index in [1.165, 1.54) is 0 Å². The SMILES string of the molecule is C[C@@H](CN[C@@H](C(=O)c1cnn2cc(-c3cnn(C)c3)ccc12)c1ccccc1)c1ccc(C#N)cc1. The van der Waals surface area contributed by atoms with Crippen LogP contribution in [0.25, 0.3) is 16.6 Å². The smallest absolute Gasteiger partial charge is 0.188 e. The highest BCUT2D eigenvalue weighted by Gasteiger charge is 2.25. The summed E-state index contributed by atoms with van der Waals surface area (Å²) >= 11 is 0. The Labute approximate surface area is 209 Å². The fourth-order valence-corrected chi connectivity index (χ4v) is 4.38. The highest BCUT2D eigenvalue weighted by atomic mass is 16.1. The molecular formula is C29H26N6O. The van der Waals surface area contributed by atoms with Crippen molar-refractivity contribution in [1.82, 2.24) is 24.7 Å². The zero-order chi connectivity index (χ0) is 25.1. The number of aromatic nitrogens is 4. The number of fused-ring (bicyclic) bond motifs is 1. The molecule has 0 radical (unpaired) electrons. The van der Waals surface area contributed by atoms with Crippen molar-refractivity contribution in [1.29, 1.82) is 5.26 Å². The van der Waals surface area contributed by atoms with Gasteiger partial charge in [-0.1, -0.05) is 55.5 Å². The van der Waals surface area contributed by atoms with Crippen LogP contribution in [0.1, 0.15) is 45.9 Å². The van der Waals surface area contributed by atoms with E-state index < -0.39 is 6.04 Å². The van der Waals surface area contributed by atoms with E-state index in [2.05, 4.69) is 28.5 Å². The van der Waals surface area contributed by atoms with Gasteiger partial charge in [0.1, 0.15) is 0 Å². The molecule has 0 saturated heterocycles. The van der Waals surface area contributed by atoms with Crippen LogP contribution in [0.3, 0.4) is 0 Å². The first-order valence-electron chi connectivity index (χ1n) is 11.8. The number of hydrogen-bond acceptors (Lipinski definition) is 5. The molecule has 0 aliphatic rings. The second-order valence-corrected chi connectivity index (χ2v) is 8.96. The topological polar surface area (TPSA) is 88.0 Å². The number of hydrogen-bond donors (Lipinski definition) is 1. The molecule has 1 N–H and O–H groups in total. The van der Waals surface area contributed by atoms with Gasteiger partial charge in [0.15, 0.2) is 5.78 Å². The Balaban J connectivity index is 1.41. The van der Waals surface area contributed by atoms with Crippen molar-refractivity contribution in [2.45, 2.75) is 18.9 Å². The van der Waals surface area contributed by atoms with Crippen LogP contribution in [-0.2, 0) is 7.05 Å². The molecule has 5 aromatic rings. The molecule has 0 spiro atoms. The summed E-state index contributed by atoms with van der Waals surface area (Å²) in [5.74, 6) is 0.125. The lowest BCUT2D eigenvalue weighted by atomic mass is 9.95. The quantitative estimate of drug-likeness (QED) is 0.322. The maximum atomic E-state index is 13.8. The predicted octanol–water partition coefficient (Wildman–Crippen LogP) is 4.92. The summed E-state index contributed by atoms with van der Waals surface area (Å²) in [4.78, 5) is 13.8. The summed E-state index contributed by atoms with van der Waals surface area (Å²) in [5.41, 5.74) is 5.95. The number of pyridine rings is 1. The van der Waals surface area contributed by atoms with Crippen molar-refractivity contribution < 1.29 is 4.79 Å². The summed E-state index contributed by atoms with van der Waals surface area (Å²) in [6.45, 7) is 2.71. The Hall–Kier alpha value is -4.54. The number of benzene rings is 2. The van der Waals surface area contributed by atoms with Crippen molar-refractivity contribution in [2.75, 3.05) is 6.54 Å². The van der Waals surface area contributed by atoms with Crippen molar-refractivity contribution in [3.63, 3.8) is 0 Å². The molecule has 5 rings (SSSR count). The number of nitriles is 1. The summed E-state index contributed by atoms with van der Waals surface area (Å²) in [7, 11) is 1.88. The fourth-order valence-electron chi connectivity index (χ4n) is 4.38. The van der Waals surface area contributed by atoms with Crippen LogP contribution in [0.15, 0.2) is 91.5 Å². The van der Waals surface area contributed by atoms with Crippen molar-refractivity contribution >= 4 is 11.3 Å².